The van der Waals surface area contributed by atoms with Crippen LogP contribution in [-0.4, -0.2) is 21.6 Å². The average Bonchev–Trinajstić information content (AvgIpc) is 2.81. The van der Waals surface area contributed by atoms with Gasteiger partial charge in [0.2, 0.25) is 0 Å². The number of hydrogen-bond donors (Lipinski definition) is 1. The van der Waals surface area contributed by atoms with Gasteiger partial charge in [-0.05, 0) is 36.4 Å². The van der Waals surface area contributed by atoms with Crippen molar-refractivity contribution in [3.05, 3.63) is 70.4 Å². The minimum Gasteiger partial charge on any atom is -0.350 e. The topological polar surface area (TPSA) is 56.0 Å². The molecule has 0 saturated heterocycles. The number of aryl methyl sites for hydroxylation is 1. The Hall–Kier alpha value is -2.89. The van der Waals surface area contributed by atoms with Crippen molar-refractivity contribution >= 4 is 16.9 Å². The monoisotopic (exact) mass is 313 g/mol. The van der Waals surface area contributed by atoms with Crippen molar-refractivity contribution < 1.29 is 9.18 Å². The molecular weight excluding hydrogens is 297 g/mol. The van der Waals surface area contributed by atoms with Gasteiger partial charge in [-0.1, -0.05) is 12.1 Å². The second kappa shape index (κ2) is 6.08. The molecule has 23 heavy (non-hydrogen) atoms. The summed E-state index contributed by atoms with van der Waals surface area (Å²) in [6.45, 7) is 0.678. The number of para-hydroxylation sites is 2. The number of nitrogens with one attached hydrogen (secondary N) is 1. The molecule has 0 radical (unpaired) electrons. The van der Waals surface area contributed by atoms with Crippen molar-refractivity contribution in [2.45, 2.75) is 6.54 Å². The number of fused-ring (bicyclic) bond motifs is 1. The molecule has 0 spiro atoms. The van der Waals surface area contributed by atoms with Gasteiger partial charge in [0.05, 0.1) is 11.0 Å². The minimum atomic E-state index is -0.385. The lowest BCUT2D eigenvalue weighted by Crippen LogP contribution is -2.31. The number of nitrogens with zero attached hydrogens (tertiary/aromatic N) is 2. The molecule has 1 N–H and O–H groups in total. The molecule has 0 aliphatic rings. The zero-order valence-electron chi connectivity index (χ0n) is 12.6. The number of rotatable bonds is 4. The largest absolute Gasteiger partial charge is 0.350 e. The van der Waals surface area contributed by atoms with Crippen LogP contribution < -0.4 is 11.0 Å². The highest BCUT2D eigenvalue weighted by molar-refractivity contribution is 5.94. The Morgan fingerprint density at radius 3 is 2.43 bits per heavy atom. The molecule has 0 aliphatic carbocycles. The number of halogens is 1. The second-order valence-corrected chi connectivity index (χ2v) is 5.24. The summed E-state index contributed by atoms with van der Waals surface area (Å²) in [6, 6.07) is 12.8. The van der Waals surface area contributed by atoms with Crippen molar-refractivity contribution in [2.75, 3.05) is 6.54 Å². The predicted molar refractivity (Wildman–Crippen MR) is 85.9 cm³/mol. The quantitative estimate of drug-likeness (QED) is 0.800. The summed E-state index contributed by atoms with van der Waals surface area (Å²) in [7, 11) is 1.72. The normalized spacial score (nSPS) is 10.9. The molecule has 5 nitrogen and oxygen atoms in total. The number of amides is 1. The fourth-order valence-electron chi connectivity index (χ4n) is 2.56. The van der Waals surface area contributed by atoms with Gasteiger partial charge < -0.3 is 5.32 Å². The van der Waals surface area contributed by atoms with E-state index in [0.29, 0.717) is 18.7 Å². The van der Waals surface area contributed by atoms with Crippen LogP contribution in [0.4, 0.5) is 4.39 Å². The van der Waals surface area contributed by atoms with E-state index in [1.807, 2.05) is 24.3 Å². The maximum Gasteiger partial charge on any atom is 0.328 e. The van der Waals surface area contributed by atoms with Crippen LogP contribution in [0.5, 0.6) is 0 Å². The predicted octanol–water partition coefficient (Wildman–Crippen LogP) is 1.91. The van der Waals surface area contributed by atoms with E-state index >= 15 is 0 Å². The molecule has 6 heteroatoms. The van der Waals surface area contributed by atoms with Crippen molar-refractivity contribution in [1.29, 1.82) is 0 Å². The van der Waals surface area contributed by atoms with Crippen LogP contribution in [0.25, 0.3) is 11.0 Å². The molecule has 0 bridgehead atoms. The van der Waals surface area contributed by atoms with E-state index in [4.69, 9.17) is 0 Å². The Kier molecular flexibility index (Phi) is 3.97. The zero-order chi connectivity index (χ0) is 16.4. The number of carbonyl (C=O) groups is 1. The molecule has 3 aromatic rings. The Morgan fingerprint density at radius 2 is 1.74 bits per heavy atom. The third-order valence-corrected chi connectivity index (χ3v) is 3.78. The first kappa shape index (κ1) is 15.0. The van der Waals surface area contributed by atoms with Crippen LogP contribution in [0.2, 0.25) is 0 Å². The van der Waals surface area contributed by atoms with Crippen LogP contribution in [-0.2, 0) is 13.6 Å². The third kappa shape index (κ3) is 2.88. The molecule has 0 saturated carbocycles. The first-order valence-electron chi connectivity index (χ1n) is 7.26. The standard InChI is InChI=1S/C17H16FN3O2/c1-20-14-4-2-3-5-15(14)21(17(20)23)11-10-19-16(22)12-6-8-13(18)9-7-12/h2-9H,10-11H2,1H3,(H,19,22). The minimum absolute atomic E-state index is 0.123. The summed E-state index contributed by atoms with van der Waals surface area (Å²) in [4.78, 5) is 24.2. The fraction of sp³-hybridized carbons (Fsp3) is 0.176. The molecule has 118 valence electrons. The molecule has 3 rings (SSSR count). The van der Waals surface area contributed by atoms with E-state index in [1.54, 1.807) is 16.2 Å². The Morgan fingerprint density at radius 1 is 1.09 bits per heavy atom. The molecule has 0 fully saturated rings. The molecule has 2 aromatic carbocycles. The molecule has 1 heterocycles. The van der Waals surface area contributed by atoms with E-state index in [2.05, 4.69) is 5.32 Å². The van der Waals surface area contributed by atoms with Crippen molar-refractivity contribution in [3.63, 3.8) is 0 Å². The maximum absolute atomic E-state index is 12.8. The highest BCUT2D eigenvalue weighted by Crippen LogP contribution is 2.11. The molecule has 0 aliphatic heterocycles. The summed E-state index contributed by atoms with van der Waals surface area (Å²) in [6.07, 6.45) is 0. The molecule has 1 amide bonds. The number of imidazole rings is 1. The number of aromatic nitrogens is 2. The highest BCUT2D eigenvalue weighted by atomic mass is 19.1. The third-order valence-electron chi connectivity index (χ3n) is 3.78. The number of hydrogen-bond acceptors (Lipinski definition) is 2. The van der Waals surface area contributed by atoms with E-state index in [9.17, 15) is 14.0 Å². The second-order valence-electron chi connectivity index (χ2n) is 5.24. The van der Waals surface area contributed by atoms with E-state index in [0.717, 1.165) is 11.0 Å². The van der Waals surface area contributed by atoms with Crippen LogP contribution >= 0.6 is 0 Å². The van der Waals surface area contributed by atoms with E-state index < -0.39 is 0 Å². The summed E-state index contributed by atoms with van der Waals surface area (Å²) in [5.41, 5.74) is 1.94. The molecule has 1 aromatic heterocycles. The lowest BCUT2D eigenvalue weighted by atomic mass is 10.2. The fourth-order valence-corrected chi connectivity index (χ4v) is 2.56. The lowest BCUT2D eigenvalue weighted by Gasteiger charge is -2.06. The summed E-state index contributed by atoms with van der Waals surface area (Å²) < 4.78 is 16.1. The molecule has 0 atom stereocenters. The van der Waals surface area contributed by atoms with Gasteiger partial charge in [-0.3, -0.25) is 13.9 Å². The van der Waals surface area contributed by atoms with Gasteiger partial charge in [-0.25, -0.2) is 9.18 Å². The smallest absolute Gasteiger partial charge is 0.328 e. The van der Waals surface area contributed by atoms with Gasteiger partial charge in [0.1, 0.15) is 5.82 Å². The van der Waals surface area contributed by atoms with Gasteiger partial charge in [-0.2, -0.15) is 0 Å². The van der Waals surface area contributed by atoms with Crippen LogP contribution in [0, 0.1) is 5.82 Å². The van der Waals surface area contributed by atoms with Gasteiger partial charge in [0, 0.05) is 25.7 Å². The van der Waals surface area contributed by atoms with Gasteiger partial charge >= 0.3 is 5.69 Å². The maximum atomic E-state index is 12.8. The summed E-state index contributed by atoms with van der Waals surface area (Å²) in [5.74, 6) is -0.679. The van der Waals surface area contributed by atoms with Crippen molar-refractivity contribution in [2.24, 2.45) is 7.05 Å². The SMILES string of the molecule is Cn1c(=O)n(CCNC(=O)c2ccc(F)cc2)c2ccccc21. The average molecular weight is 313 g/mol. The van der Waals surface area contributed by atoms with E-state index in [-0.39, 0.29) is 17.4 Å². The highest BCUT2D eigenvalue weighted by Gasteiger charge is 2.10. The number of benzene rings is 2. The van der Waals surface area contributed by atoms with Crippen LogP contribution in [0.1, 0.15) is 10.4 Å². The van der Waals surface area contributed by atoms with Crippen molar-refractivity contribution in [1.82, 2.24) is 14.5 Å². The zero-order valence-corrected chi connectivity index (χ0v) is 12.6. The Bertz CT molecular complexity index is 910. The first-order chi connectivity index (χ1) is 11.1. The molecular formula is C17H16FN3O2. The lowest BCUT2D eigenvalue weighted by molar-refractivity contribution is 0.0952. The number of carbonyl (C=O) groups excluding carboxylic acids is 1. The Labute approximate surface area is 132 Å². The van der Waals surface area contributed by atoms with Gasteiger partial charge in [0.15, 0.2) is 0 Å². The van der Waals surface area contributed by atoms with Crippen molar-refractivity contribution in [3.8, 4) is 0 Å². The van der Waals surface area contributed by atoms with Gasteiger partial charge in [-0.15, -0.1) is 0 Å². The summed E-state index contributed by atoms with van der Waals surface area (Å²) in [5, 5.41) is 2.74. The Balaban J connectivity index is 1.72. The molecule has 0 unspecified atom stereocenters. The van der Waals surface area contributed by atoms with Crippen LogP contribution in [0.15, 0.2) is 53.3 Å². The first-order valence-corrected chi connectivity index (χ1v) is 7.26. The van der Waals surface area contributed by atoms with Crippen LogP contribution in [0.3, 0.4) is 0 Å². The summed E-state index contributed by atoms with van der Waals surface area (Å²) >= 11 is 0. The van der Waals surface area contributed by atoms with Gasteiger partial charge in [0.25, 0.3) is 5.91 Å². The van der Waals surface area contributed by atoms with E-state index in [1.165, 1.54) is 24.3 Å².